The SMILES string of the molecule is CCCCN(CC)CCCn1c(Nc2ccc(C(=O)NC)cc2)nc2ccc(C(C)(C)C(=O)N(CC(C)C)CC(C)C)cc21. The Bertz CT molecular complexity index is 1350. The van der Waals surface area contributed by atoms with Gasteiger partial charge in [-0.3, -0.25) is 9.59 Å². The minimum atomic E-state index is -0.685. The van der Waals surface area contributed by atoms with Crippen molar-refractivity contribution in [2.45, 2.75) is 86.6 Å². The van der Waals surface area contributed by atoms with Gasteiger partial charge in [0, 0.05) is 37.9 Å². The molecule has 0 bridgehead atoms. The van der Waals surface area contributed by atoms with Crippen molar-refractivity contribution in [1.82, 2.24) is 24.7 Å². The average Bonchev–Trinajstić information content (AvgIpc) is 3.33. The Labute approximate surface area is 265 Å². The molecule has 1 aromatic heterocycles. The quantitative estimate of drug-likeness (QED) is 0.172. The summed E-state index contributed by atoms with van der Waals surface area (Å²) >= 11 is 0. The molecule has 2 amide bonds. The number of carbonyl (C=O) groups excluding carboxylic acids is 2. The fraction of sp³-hybridized carbons (Fsp3) is 0.583. The van der Waals surface area contributed by atoms with Gasteiger partial charge in [-0.1, -0.05) is 54.0 Å². The number of fused-ring (bicyclic) bond motifs is 1. The van der Waals surface area contributed by atoms with Gasteiger partial charge >= 0.3 is 0 Å². The second-order valence-electron chi connectivity index (χ2n) is 13.3. The lowest BCUT2D eigenvalue weighted by atomic mass is 9.82. The zero-order valence-corrected chi connectivity index (χ0v) is 28.7. The van der Waals surface area contributed by atoms with E-state index in [1.807, 2.05) is 49.1 Å². The number of aryl methyl sites for hydroxylation is 1. The second kappa shape index (κ2) is 16.1. The summed E-state index contributed by atoms with van der Waals surface area (Å²) in [4.78, 5) is 35.6. The Morgan fingerprint density at radius 1 is 0.932 bits per heavy atom. The Morgan fingerprint density at radius 3 is 2.14 bits per heavy atom. The van der Waals surface area contributed by atoms with Crippen molar-refractivity contribution in [2.24, 2.45) is 11.8 Å². The first kappa shape index (κ1) is 35.1. The van der Waals surface area contributed by atoms with Crippen molar-refractivity contribution in [3.63, 3.8) is 0 Å². The van der Waals surface area contributed by atoms with Gasteiger partial charge in [0.1, 0.15) is 0 Å². The first-order valence-corrected chi connectivity index (χ1v) is 16.5. The molecule has 0 spiro atoms. The number of imidazole rings is 1. The largest absolute Gasteiger partial charge is 0.355 e. The maximum Gasteiger partial charge on any atom is 0.251 e. The molecule has 8 nitrogen and oxygen atoms in total. The summed E-state index contributed by atoms with van der Waals surface area (Å²) in [6.07, 6.45) is 3.38. The summed E-state index contributed by atoms with van der Waals surface area (Å²) in [6.45, 7) is 22.7. The number of unbranched alkanes of at least 4 members (excludes halogenated alkanes) is 1. The minimum Gasteiger partial charge on any atom is -0.355 e. The molecule has 0 unspecified atom stereocenters. The lowest BCUT2D eigenvalue weighted by Crippen LogP contribution is -2.46. The molecule has 0 aliphatic heterocycles. The van der Waals surface area contributed by atoms with E-state index >= 15 is 0 Å². The lowest BCUT2D eigenvalue weighted by Gasteiger charge is -2.34. The van der Waals surface area contributed by atoms with Crippen LogP contribution in [0.1, 0.15) is 90.6 Å². The van der Waals surface area contributed by atoms with Crippen LogP contribution in [0, 0.1) is 11.8 Å². The molecular weight excluding hydrogens is 548 g/mol. The average molecular weight is 605 g/mol. The van der Waals surface area contributed by atoms with Crippen LogP contribution in [0.15, 0.2) is 42.5 Å². The van der Waals surface area contributed by atoms with E-state index in [4.69, 9.17) is 4.98 Å². The summed E-state index contributed by atoms with van der Waals surface area (Å²) in [5.74, 6) is 1.60. The summed E-state index contributed by atoms with van der Waals surface area (Å²) in [5, 5.41) is 6.18. The highest BCUT2D eigenvalue weighted by Crippen LogP contribution is 2.32. The summed E-state index contributed by atoms with van der Waals surface area (Å²) in [6, 6.07) is 13.7. The molecule has 0 saturated carbocycles. The monoisotopic (exact) mass is 604 g/mol. The number of benzene rings is 2. The molecule has 0 radical (unpaired) electrons. The Kier molecular flexibility index (Phi) is 12.8. The molecule has 0 fully saturated rings. The van der Waals surface area contributed by atoms with Crippen molar-refractivity contribution in [3.05, 3.63) is 53.6 Å². The van der Waals surface area contributed by atoms with E-state index in [2.05, 4.69) is 73.8 Å². The predicted molar refractivity (Wildman–Crippen MR) is 184 cm³/mol. The molecule has 242 valence electrons. The van der Waals surface area contributed by atoms with Crippen LogP contribution in [-0.4, -0.2) is 70.9 Å². The normalized spacial score (nSPS) is 12.0. The Morgan fingerprint density at radius 2 is 1.57 bits per heavy atom. The second-order valence-corrected chi connectivity index (χ2v) is 13.3. The van der Waals surface area contributed by atoms with E-state index in [9.17, 15) is 9.59 Å². The lowest BCUT2D eigenvalue weighted by molar-refractivity contribution is -0.137. The molecule has 8 heteroatoms. The first-order valence-electron chi connectivity index (χ1n) is 16.5. The maximum absolute atomic E-state index is 14.0. The summed E-state index contributed by atoms with van der Waals surface area (Å²) in [5.41, 5.74) is 3.69. The summed E-state index contributed by atoms with van der Waals surface area (Å²) in [7, 11) is 1.63. The van der Waals surface area contributed by atoms with Crippen molar-refractivity contribution in [1.29, 1.82) is 0 Å². The number of nitrogens with zero attached hydrogens (tertiary/aromatic N) is 4. The van der Waals surface area contributed by atoms with Gasteiger partial charge < -0.3 is 25.0 Å². The van der Waals surface area contributed by atoms with Crippen LogP contribution < -0.4 is 10.6 Å². The van der Waals surface area contributed by atoms with E-state index < -0.39 is 5.41 Å². The summed E-state index contributed by atoms with van der Waals surface area (Å²) < 4.78 is 2.25. The van der Waals surface area contributed by atoms with Gasteiger partial charge in [0.15, 0.2) is 0 Å². The number of hydrogen-bond donors (Lipinski definition) is 2. The van der Waals surface area contributed by atoms with Crippen LogP contribution in [-0.2, 0) is 16.8 Å². The molecular formula is C36H56N6O2. The van der Waals surface area contributed by atoms with Gasteiger partial charge in [0.25, 0.3) is 5.91 Å². The molecule has 0 atom stereocenters. The number of amides is 2. The first-order chi connectivity index (χ1) is 20.9. The molecule has 3 aromatic rings. The van der Waals surface area contributed by atoms with Crippen molar-refractivity contribution >= 4 is 34.5 Å². The fourth-order valence-electron chi connectivity index (χ4n) is 5.71. The van der Waals surface area contributed by atoms with Gasteiger partial charge in [-0.25, -0.2) is 4.98 Å². The molecule has 2 N–H and O–H groups in total. The van der Waals surface area contributed by atoms with Crippen LogP contribution in [0.3, 0.4) is 0 Å². The van der Waals surface area contributed by atoms with Gasteiger partial charge in [-0.15, -0.1) is 0 Å². The molecule has 0 saturated heterocycles. The van der Waals surface area contributed by atoms with E-state index in [0.29, 0.717) is 17.4 Å². The van der Waals surface area contributed by atoms with Gasteiger partial charge in [0.05, 0.1) is 16.4 Å². The highest BCUT2D eigenvalue weighted by atomic mass is 16.2. The van der Waals surface area contributed by atoms with Crippen molar-refractivity contribution < 1.29 is 9.59 Å². The Balaban J connectivity index is 1.99. The van der Waals surface area contributed by atoms with E-state index in [0.717, 1.165) is 73.9 Å². The zero-order valence-electron chi connectivity index (χ0n) is 28.7. The highest BCUT2D eigenvalue weighted by molar-refractivity contribution is 5.94. The molecule has 3 rings (SSSR count). The number of carbonyl (C=O) groups is 2. The molecule has 0 aliphatic carbocycles. The maximum atomic E-state index is 14.0. The third-order valence-corrected chi connectivity index (χ3v) is 8.22. The molecule has 2 aromatic carbocycles. The van der Waals surface area contributed by atoms with Crippen molar-refractivity contribution in [3.8, 4) is 0 Å². The smallest absolute Gasteiger partial charge is 0.251 e. The van der Waals surface area contributed by atoms with Crippen LogP contribution in [0.2, 0.25) is 0 Å². The minimum absolute atomic E-state index is 0.114. The number of anilines is 2. The highest BCUT2D eigenvalue weighted by Gasteiger charge is 2.35. The van der Waals surface area contributed by atoms with Gasteiger partial charge in [-0.05, 0) is 100 Å². The predicted octanol–water partition coefficient (Wildman–Crippen LogP) is 7.07. The number of rotatable bonds is 17. The number of hydrogen-bond acceptors (Lipinski definition) is 5. The zero-order chi connectivity index (χ0) is 32.4. The van der Waals surface area contributed by atoms with E-state index in [1.165, 1.54) is 12.8 Å². The third-order valence-electron chi connectivity index (χ3n) is 8.22. The van der Waals surface area contributed by atoms with Crippen LogP contribution in [0.5, 0.6) is 0 Å². The van der Waals surface area contributed by atoms with Crippen molar-refractivity contribution in [2.75, 3.05) is 45.1 Å². The van der Waals surface area contributed by atoms with Gasteiger partial charge in [0.2, 0.25) is 11.9 Å². The standard InChI is InChI=1S/C36H56N6O2/c1-10-12-20-40(11-2)21-13-22-42-32-23-29(36(7,8)34(44)41(24-26(3)4)25-27(5)6)16-19-31(32)39-35(42)38-30-17-14-28(15-18-30)33(43)37-9/h14-19,23,26-27H,10-13,20-22,24-25H2,1-9H3,(H,37,43)(H,38,39). The Hall–Kier alpha value is -3.39. The fourth-order valence-corrected chi connectivity index (χ4v) is 5.71. The van der Waals surface area contributed by atoms with Crippen LogP contribution in [0.25, 0.3) is 11.0 Å². The molecule has 44 heavy (non-hydrogen) atoms. The topological polar surface area (TPSA) is 82.5 Å². The van der Waals surface area contributed by atoms with Crippen LogP contribution >= 0.6 is 0 Å². The molecule has 1 heterocycles. The number of nitrogens with one attached hydrogen (secondary N) is 2. The van der Waals surface area contributed by atoms with Gasteiger partial charge in [-0.2, -0.15) is 0 Å². The third kappa shape index (κ3) is 9.07. The van der Waals surface area contributed by atoms with E-state index in [1.54, 1.807) is 7.05 Å². The molecule has 0 aliphatic rings. The van der Waals surface area contributed by atoms with E-state index in [-0.39, 0.29) is 11.8 Å². The number of aromatic nitrogens is 2. The van der Waals surface area contributed by atoms with Crippen LogP contribution in [0.4, 0.5) is 11.6 Å².